The number of hydrogen-bond acceptors (Lipinski definition) is 3. The second-order valence-electron chi connectivity index (χ2n) is 15.6. The lowest BCUT2D eigenvalue weighted by atomic mass is 9.86. The molecule has 3 aromatic rings. The molecule has 0 radical (unpaired) electrons. The summed E-state index contributed by atoms with van der Waals surface area (Å²) in [6.07, 6.45) is 14.9. The van der Waals surface area contributed by atoms with E-state index in [1.165, 1.54) is 56.2 Å². The number of halogens is 1. The summed E-state index contributed by atoms with van der Waals surface area (Å²) in [6, 6.07) is 21.8. The van der Waals surface area contributed by atoms with Crippen molar-refractivity contribution in [2.24, 2.45) is 0 Å². The van der Waals surface area contributed by atoms with Crippen molar-refractivity contribution in [3.05, 3.63) is 89.2 Å². The van der Waals surface area contributed by atoms with Gasteiger partial charge in [-0.15, -0.1) is 0 Å². The van der Waals surface area contributed by atoms with Crippen molar-refractivity contribution in [1.29, 1.82) is 0 Å². The lowest BCUT2D eigenvalue weighted by Gasteiger charge is -2.31. The lowest BCUT2D eigenvalue weighted by Crippen LogP contribution is -2.42. The molecule has 0 bridgehead atoms. The van der Waals surface area contributed by atoms with Crippen LogP contribution in [0.5, 0.6) is 5.75 Å². The molecule has 0 aromatic heterocycles. The van der Waals surface area contributed by atoms with Gasteiger partial charge < -0.3 is 14.0 Å². The minimum absolute atomic E-state index is 0.0617. The summed E-state index contributed by atoms with van der Waals surface area (Å²) in [5.41, 5.74) is 4.56. The number of rotatable bonds is 23. The number of aromatic carboxylic acids is 1. The third-order valence-corrected chi connectivity index (χ3v) is 15.5. The fourth-order valence-corrected chi connectivity index (χ4v) is 15.1. The van der Waals surface area contributed by atoms with Crippen molar-refractivity contribution < 1.29 is 23.1 Å². The monoisotopic (exact) mass is 706 g/mol. The molecule has 1 N–H and O–H groups in total. The average Bonchev–Trinajstić information content (AvgIpc) is 3.03. The molecule has 0 aliphatic carbocycles. The molecule has 2 unspecified atom stereocenters. The van der Waals surface area contributed by atoms with Gasteiger partial charge in [-0.3, -0.25) is 0 Å². The number of hydrogen-bond donors (Lipinski definition) is 1. The fourth-order valence-electron chi connectivity index (χ4n) is 6.95. The van der Waals surface area contributed by atoms with Gasteiger partial charge in [-0.25, -0.2) is 9.18 Å². The third kappa shape index (κ3) is 15.4. The van der Waals surface area contributed by atoms with Gasteiger partial charge in [-0.05, 0) is 143 Å². The van der Waals surface area contributed by atoms with Gasteiger partial charge in [-0.1, -0.05) is 88.3 Å². The first-order valence-electron chi connectivity index (χ1n) is 18.9. The van der Waals surface area contributed by atoms with Crippen LogP contribution in [0.1, 0.15) is 118 Å². The highest BCUT2D eigenvalue weighted by Gasteiger charge is 2.29. The van der Waals surface area contributed by atoms with Gasteiger partial charge in [0, 0.05) is 0 Å². The average molecular weight is 707 g/mol. The highest BCUT2D eigenvalue weighted by Crippen LogP contribution is 2.38. The van der Waals surface area contributed by atoms with Crippen molar-refractivity contribution in [2.75, 3.05) is 0 Å². The number of unbranched alkanes of at least 4 members (excludes halogenated alkanes) is 6. The molecule has 0 heterocycles. The predicted molar refractivity (Wildman–Crippen MR) is 210 cm³/mol. The van der Waals surface area contributed by atoms with Gasteiger partial charge in [0.2, 0.25) is 0 Å². The van der Waals surface area contributed by atoms with E-state index < -0.39 is 22.6 Å². The Kier molecular flexibility index (Phi) is 16.8. The summed E-state index contributed by atoms with van der Waals surface area (Å²) in [4.78, 5) is 11.3. The van der Waals surface area contributed by atoms with E-state index in [1.807, 2.05) is 18.2 Å². The van der Waals surface area contributed by atoms with Gasteiger partial charge in [0.25, 0.3) is 0 Å². The Balaban J connectivity index is 1.79. The second-order valence-corrected chi connectivity index (χ2v) is 24.6. The van der Waals surface area contributed by atoms with Crippen LogP contribution in [0.2, 0.25) is 38.8 Å². The quantitative estimate of drug-likeness (QED) is 0.0788. The first-order valence-corrected chi connectivity index (χ1v) is 25.4. The van der Waals surface area contributed by atoms with Crippen molar-refractivity contribution in [3.63, 3.8) is 0 Å². The van der Waals surface area contributed by atoms with Crippen LogP contribution in [0.15, 0.2) is 66.7 Å². The standard InChI is InChI=1S/C42H63FO4Si2/c1-8-9-10-11-12-13-20-35(21-16-19-34-24-26-36(27-25-34)42(44)45)40-29-28-38(37-22-17-23-39(43)31-37)32-41(40)46-33(2)18-14-15-30-49(6,7)47-48(3,4)5/h17,22-29,31-33,35H,8-16,18-21,30H2,1-7H3,(H,44,45). The van der Waals surface area contributed by atoms with E-state index in [-0.39, 0.29) is 11.9 Å². The van der Waals surface area contributed by atoms with Gasteiger partial charge in [-0.2, -0.15) is 0 Å². The largest absolute Gasteiger partial charge is 0.490 e. The molecule has 2 atom stereocenters. The summed E-state index contributed by atoms with van der Waals surface area (Å²) in [5.74, 6) is 0.140. The highest BCUT2D eigenvalue weighted by molar-refractivity contribution is 6.84. The van der Waals surface area contributed by atoms with E-state index in [0.29, 0.717) is 11.5 Å². The number of aryl methyl sites for hydroxylation is 1. The summed E-state index contributed by atoms with van der Waals surface area (Å²) in [7, 11) is -3.21. The molecule has 0 spiro atoms. The molecule has 0 aliphatic rings. The number of ether oxygens (including phenoxy) is 1. The summed E-state index contributed by atoms with van der Waals surface area (Å²) < 4.78 is 27.6. The van der Waals surface area contributed by atoms with Gasteiger partial charge in [0.15, 0.2) is 16.6 Å². The molecule has 0 aliphatic heterocycles. The number of carboxylic acid groups (broad SMARTS) is 1. The van der Waals surface area contributed by atoms with Crippen molar-refractivity contribution >= 4 is 22.6 Å². The van der Waals surface area contributed by atoms with E-state index >= 15 is 0 Å². The van der Waals surface area contributed by atoms with Crippen LogP contribution in [0, 0.1) is 5.82 Å². The molecule has 270 valence electrons. The normalized spacial score (nSPS) is 13.3. The van der Waals surface area contributed by atoms with E-state index in [9.17, 15) is 14.3 Å². The highest BCUT2D eigenvalue weighted by atomic mass is 28.4. The Morgan fingerprint density at radius 1 is 0.776 bits per heavy atom. The molecule has 49 heavy (non-hydrogen) atoms. The smallest absolute Gasteiger partial charge is 0.335 e. The van der Waals surface area contributed by atoms with Gasteiger partial charge in [0.05, 0.1) is 11.7 Å². The van der Waals surface area contributed by atoms with Crippen LogP contribution in [-0.2, 0) is 10.5 Å². The minimum atomic E-state index is -1.66. The Labute approximate surface area is 299 Å². The van der Waals surface area contributed by atoms with Crippen molar-refractivity contribution in [2.45, 2.75) is 148 Å². The minimum Gasteiger partial charge on any atom is -0.490 e. The van der Waals surface area contributed by atoms with E-state index in [1.54, 1.807) is 24.3 Å². The maximum Gasteiger partial charge on any atom is 0.335 e. The number of benzene rings is 3. The molecule has 0 amide bonds. The van der Waals surface area contributed by atoms with E-state index in [4.69, 9.17) is 8.85 Å². The summed E-state index contributed by atoms with van der Waals surface area (Å²) in [6.45, 7) is 16.0. The Bertz CT molecular complexity index is 1420. The molecule has 4 nitrogen and oxygen atoms in total. The molecular weight excluding hydrogens is 644 g/mol. The van der Waals surface area contributed by atoms with Crippen LogP contribution < -0.4 is 4.74 Å². The first-order chi connectivity index (χ1) is 23.3. The molecule has 0 saturated heterocycles. The SMILES string of the molecule is CCCCCCCCC(CCCc1ccc(C(=O)O)cc1)c1ccc(-c2cccc(F)c2)cc1OC(C)CCCC[Si](C)(C)O[Si](C)(C)C. The van der Waals surface area contributed by atoms with Crippen LogP contribution in [0.25, 0.3) is 11.1 Å². The molecule has 0 fully saturated rings. The first kappa shape index (κ1) is 40.7. The molecule has 3 rings (SSSR count). The summed E-state index contributed by atoms with van der Waals surface area (Å²) in [5, 5.41) is 9.29. The van der Waals surface area contributed by atoms with E-state index in [2.05, 4.69) is 64.8 Å². The van der Waals surface area contributed by atoms with Crippen LogP contribution in [0.4, 0.5) is 4.39 Å². The number of carboxylic acids is 1. The lowest BCUT2D eigenvalue weighted by molar-refractivity contribution is 0.0697. The molecule has 0 saturated carbocycles. The van der Waals surface area contributed by atoms with E-state index in [0.717, 1.165) is 67.4 Å². The molecule has 7 heteroatoms. The van der Waals surface area contributed by atoms with Gasteiger partial charge >= 0.3 is 5.97 Å². The molecule has 3 aromatic carbocycles. The topological polar surface area (TPSA) is 55.8 Å². The molecular formula is C42H63FO4Si2. The second kappa shape index (κ2) is 20.2. The Hall–Kier alpha value is -2.75. The van der Waals surface area contributed by atoms with Crippen LogP contribution >= 0.6 is 0 Å². The zero-order chi connectivity index (χ0) is 35.9. The maximum absolute atomic E-state index is 14.2. The predicted octanol–water partition coefficient (Wildman–Crippen LogP) is 13.0. The fraction of sp³-hybridized carbons (Fsp3) is 0.548. The summed E-state index contributed by atoms with van der Waals surface area (Å²) >= 11 is 0. The van der Waals surface area contributed by atoms with Crippen molar-refractivity contribution in [3.8, 4) is 16.9 Å². The maximum atomic E-state index is 14.2. The third-order valence-electron chi connectivity index (χ3n) is 9.29. The van der Waals surface area contributed by atoms with Crippen molar-refractivity contribution in [1.82, 2.24) is 0 Å². The van der Waals surface area contributed by atoms with Gasteiger partial charge in [0.1, 0.15) is 11.6 Å². The number of carbonyl (C=O) groups is 1. The Morgan fingerprint density at radius 3 is 2.10 bits per heavy atom. The zero-order valence-corrected chi connectivity index (χ0v) is 33.5. The zero-order valence-electron chi connectivity index (χ0n) is 31.5. The Morgan fingerprint density at radius 2 is 1.43 bits per heavy atom. The van der Waals surface area contributed by atoms with Crippen LogP contribution in [-0.4, -0.2) is 33.8 Å². The van der Waals surface area contributed by atoms with Crippen LogP contribution in [0.3, 0.4) is 0 Å².